The lowest BCUT2D eigenvalue weighted by Gasteiger charge is -2.25. The summed E-state index contributed by atoms with van der Waals surface area (Å²) in [4.78, 5) is 0. The first kappa shape index (κ1) is 8.73. The maximum absolute atomic E-state index is 3.51. The van der Waals surface area contributed by atoms with Gasteiger partial charge in [0.05, 0.1) is 0 Å². The van der Waals surface area contributed by atoms with Crippen LogP contribution >= 0.6 is 0 Å². The quantitative estimate of drug-likeness (QED) is 0.700. The van der Waals surface area contributed by atoms with Crippen LogP contribution in [-0.4, -0.2) is 19.6 Å². The second-order valence-electron chi connectivity index (χ2n) is 3.61. The fourth-order valence-corrected chi connectivity index (χ4v) is 1.91. The number of fused-ring (bicyclic) bond motifs is 1. The molecule has 0 radical (unpaired) electrons. The molecule has 1 aliphatic heterocycles. The van der Waals surface area contributed by atoms with E-state index in [2.05, 4.69) is 34.9 Å². The lowest BCUT2D eigenvalue weighted by atomic mass is 9.96. The number of hydrogen-bond acceptors (Lipinski definition) is 2. The number of hydrogen-bond donors (Lipinski definition) is 2. The fourth-order valence-electron chi connectivity index (χ4n) is 1.91. The summed E-state index contributed by atoms with van der Waals surface area (Å²) in [6.45, 7) is 2.07. The maximum atomic E-state index is 3.51. The van der Waals surface area contributed by atoms with Gasteiger partial charge < -0.3 is 10.6 Å². The first-order chi connectivity index (χ1) is 6.40. The van der Waals surface area contributed by atoms with Crippen LogP contribution in [0.2, 0.25) is 0 Å². The second kappa shape index (κ2) is 3.90. The molecule has 70 valence electrons. The predicted molar refractivity (Wildman–Crippen MR) is 54.7 cm³/mol. The minimum atomic E-state index is 0.597. The van der Waals surface area contributed by atoms with Crippen molar-refractivity contribution >= 4 is 0 Å². The van der Waals surface area contributed by atoms with E-state index in [1.54, 1.807) is 0 Å². The standard InChI is InChI=1S/C11H16N2/c1-12-8-11-6-9-4-2-3-5-10(9)7-13-11/h2-5,11-13H,6-8H2,1H3. The van der Waals surface area contributed by atoms with Crippen LogP contribution in [0.15, 0.2) is 24.3 Å². The molecule has 2 heteroatoms. The molecule has 0 bridgehead atoms. The van der Waals surface area contributed by atoms with Crippen molar-refractivity contribution in [2.24, 2.45) is 0 Å². The molecule has 2 N–H and O–H groups in total. The first-order valence-electron chi connectivity index (χ1n) is 4.85. The third-order valence-electron chi connectivity index (χ3n) is 2.62. The third-order valence-corrected chi connectivity index (χ3v) is 2.62. The summed E-state index contributed by atoms with van der Waals surface area (Å²) in [5.41, 5.74) is 2.95. The molecule has 1 aromatic carbocycles. The highest BCUT2D eigenvalue weighted by atomic mass is 15.0. The summed E-state index contributed by atoms with van der Waals surface area (Å²) in [6.07, 6.45) is 1.15. The van der Waals surface area contributed by atoms with Gasteiger partial charge in [-0.15, -0.1) is 0 Å². The Morgan fingerprint density at radius 3 is 2.92 bits per heavy atom. The van der Waals surface area contributed by atoms with E-state index in [0.29, 0.717) is 6.04 Å². The van der Waals surface area contributed by atoms with Crippen LogP contribution in [0.25, 0.3) is 0 Å². The van der Waals surface area contributed by atoms with Gasteiger partial charge in [-0.25, -0.2) is 0 Å². The molecule has 0 aromatic heterocycles. The maximum Gasteiger partial charge on any atom is 0.0236 e. The van der Waals surface area contributed by atoms with E-state index >= 15 is 0 Å². The Bertz CT molecular complexity index is 283. The van der Waals surface area contributed by atoms with Crippen molar-refractivity contribution in [2.45, 2.75) is 19.0 Å². The number of benzene rings is 1. The fraction of sp³-hybridized carbons (Fsp3) is 0.455. The summed E-state index contributed by atoms with van der Waals surface area (Å²) in [6, 6.07) is 9.27. The molecule has 0 fully saturated rings. The summed E-state index contributed by atoms with van der Waals surface area (Å²) < 4.78 is 0. The van der Waals surface area contributed by atoms with Gasteiger partial charge in [-0.3, -0.25) is 0 Å². The molecular formula is C11H16N2. The van der Waals surface area contributed by atoms with Gasteiger partial charge in [0.15, 0.2) is 0 Å². The van der Waals surface area contributed by atoms with Gasteiger partial charge in [-0.1, -0.05) is 24.3 Å². The van der Waals surface area contributed by atoms with Gasteiger partial charge in [0.2, 0.25) is 0 Å². The lowest BCUT2D eigenvalue weighted by Crippen LogP contribution is -2.41. The van der Waals surface area contributed by atoms with E-state index < -0.39 is 0 Å². The van der Waals surface area contributed by atoms with Crippen LogP contribution in [0.4, 0.5) is 0 Å². The van der Waals surface area contributed by atoms with E-state index in [0.717, 1.165) is 19.5 Å². The molecule has 0 spiro atoms. The molecular weight excluding hydrogens is 160 g/mol. The topological polar surface area (TPSA) is 24.1 Å². The Morgan fingerprint density at radius 1 is 1.38 bits per heavy atom. The van der Waals surface area contributed by atoms with Crippen molar-refractivity contribution in [1.29, 1.82) is 0 Å². The summed E-state index contributed by atoms with van der Waals surface area (Å²) in [5.74, 6) is 0. The Balaban J connectivity index is 2.11. The highest BCUT2D eigenvalue weighted by Crippen LogP contribution is 2.15. The SMILES string of the molecule is CNCC1Cc2ccccc2CN1. The van der Waals surface area contributed by atoms with Crippen LogP contribution in [-0.2, 0) is 13.0 Å². The zero-order valence-electron chi connectivity index (χ0n) is 8.01. The number of rotatable bonds is 2. The van der Waals surface area contributed by atoms with Crippen molar-refractivity contribution in [2.75, 3.05) is 13.6 Å². The molecule has 2 rings (SSSR count). The normalized spacial score (nSPS) is 21.2. The van der Waals surface area contributed by atoms with Crippen LogP contribution in [0.1, 0.15) is 11.1 Å². The minimum Gasteiger partial charge on any atom is -0.318 e. The van der Waals surface area contributed by atoms with E-state index in [4.69, 9.17) is 0 Å². The van der Waals surface area contributed by atoms with Crippen molar-refractivity contribution in [1.82, 2.24) is 10.6 Å². The van der Waals surface area contributed by atoms with Crippen LogP contribution < -0.4 is 10.6 Å². The summed E-state index contributed by atoms with van der Waals surface area (Å²) in [5, 5.41) is 6.72. The van der Waals surface area contributed by atoms with E-state index in [9.17, 15) is 0 Å². The van der Waals surface area contributed by atoms with Gasteiger partial charge in [-0.05, 0) is 24.6 Å². The van der Waals surface area contributed by atoms with Crippen LogP contribution in [0.3, 0.4) is 0 Å². The molecule has 1 aromatic rings. The predicted octanol–water partition coefficient (Wildman–Crippen LogP) is 0.920. The average molecular weight is 176 g/mol. The van der Waals surface area contributed by atoms with Crippen LogP contribution in [0.5, 0.6) is 0 Å². The van der Waals surface area contributed by atoms with Gasteiger partial charge in [0.1, 0.15) is 0 Å². The van der Waals surface area contributed by atoms with Crippen molar-refractivity contribution in [3.05, 3.63) is 35.4 Å². The molecule has 0 amide bonds. The van der Waals surface area contributed by atoms with E-state index in [-0.39, 0.29) is 0 Å². The smallest absolute Gasteiger partial charge is 0.0236 e. The van der Waals surface area contributed by atoms with E-state index in [1.165, 1.54) is 11.1 Å². The molecule has 2 nitrogen and oxygen atoms in total. The molecule has 13 heavy (non-hydrogen) atoms. The van der Waals surface area contributed by atoms with Crippen molar-refractivity contribution < 1.29 is 0 Å². The molecule has 1 atom stereocenters. The number of nitrogens with one attached hydrogen (secondary N) is 2. The van der Waals surface area contributed by atoms with Crippen LogP contribution in [0, 0.1) is 0 Å². The highest BCUT2D eigenvalue weighted by molar-refractivity contribution is 5.29. The Kier molecular flexibility index (Phi) is 2.62. The third kappa shape index (κ3) is 1.90. The van der Waals surface area contributed by atoms with Crippen molar-refractivity contribution in [3.8, 4) is 0 Å². The summed E-state index contributed by atoms with van der Waals surface area (Å²) >= 11 is 0. The average Bonchev–Trinajstić information content (AvgIpc) is 2.18. The lowest BCUT2D eigenvalue weighted by molar-refractivity contribution is 0.462. The van der Waals surface area contributed by atoms with Gasteiger partial charge in [0, 0.05) is 19.1 Å². The number of likely N-dealkylation sites (N-methyl/N-ethyl adjacent to an activating group) is 1. The van der Waals surface area contributed by atoms with Gasteiger partial charge in [0.25, 0.3) is 0 Å². The monoisotopic (exact) mass is 176 g/mol. The molecule has 0 saturated heterocycles. The second-order valence-corrected chi connectivity index (χ2v) is 3.61. The van der Waals surface area contributed by atoms with E-state index in [1.807, 2.05) is 7.05 Å². The molecule has 0 saturated carbocycles. The molecule has 1 aliphatic rings. The highest BCUT2D eigenvalue weighted by Gasteiger charge is 2.15. The zero-order valence-corrected chi connectivity index (χ0v) is 8.01. The molecule has 1 heterocycles. The Morgan fingerprint density at radius 2 is 2.15 bits per heavy atom. The minimum absolute atomic E-state index is 0.597. The zero-order chi connectivity index (χ0) is 9.10. The molecule has 0 aliphatic carbocycles. The Hall–Kier alpha value is -0.860. The first-order valence-corrected chi connectivity index (χ1v) is 4.85. The van der Waals surface area contributed by atoms with Gasteiger partial charge in [-0.2, -0.15) is 0 Å². The van der Waals surface area contributed by atoms with Gasteiger partial charge >= 0.3 is 0 Å². The molecule has 1 unspecified atom stereocenters. The Labute approximate surface area is 79.4 Å². The largest absolute Gasteiger partial charge is 0.318 e. The summed E-state index contributed by atoms with van der Waals surface area (Å²) in [7, 11) is 2.00. The van der Waals surface area contributed by atoms with Crippen molar-refractivity contribution in [3.63, 3.8) is 0 Å².